The summed E-state index contributed by atoms with van der Waals surface area (Å²) in [5, 5.41) is 1.02. The molecule has 0 unspecified atom stereocenters. The SMILES string of the molecule is COc1cc(-c2ccc(NC(=O)C(F)(F)C(F)(F)C(F)(F)C(F)(F)C(F)(F)C(F)(F)C(F)(F)C(F)(F)F)c(OC)c2)ccc1NC(=O)C(F)(F)C(F)(F)C(F)(F)C(F)(F)C(F)(F)C(F)(F)C(F)(F)C(F)(F)F. The Morgan fingerprint density at radius 1 is 0.319 bits per heavy atom. The van der Waals surface area contributed by atoms with E-state index in [1.165, 1.54) is 0 Å². The predicted molar refractivity (Wildman–Crippen MR) is 164 cm³/mol. The van der Waals surface area contributed by atoms with Crippen molar-refractivity contribution in [3.8, 4) is 22.6 Å². The van der Waals surface area contributed by atoms with Gasteiger partial charge in [-0.1, -0.05) is 12.1 Å². The third-order valence-corrected chi connectivity index (χ3v) is 9.25. The maximum absolute atomic E-state index is 14.5. The Labute approximate surface area is 371 Å². The van der Waals surface area contributed by atoms with E-state index in [1.54, 1.807) is 0 Å². The van der Waals surface area contributed by atoms with E-state index in [0.29, 0.717) is 49.1 Å². The third-order valence-electron chi connectivity index (χ3n) is 9.25. The first-order valence-electron chi connectivity index (χ1n) is 16.8. The zero-order chi connectivity index (χ0) is 57.7. The molecule has 414 valence electrons. The number of benzene rings is 2. The number of rotatable bonds is 19. The van der Waals surface area contributed by atoms with Crippen LogP contribution in [0.4, 0.5) is 161 Å². The molecule has 6 nitrogen and oxygen atoms in total. The molecule has 2 N–H and O–H groups in total. The van der Waals surface area contributed by atoms with E-state index in [2.05, 4.69) is 9.47 Å². The summed E-state index contributed by atoms with van der Waals surface area (Å²) >= 11 is 0. The molecule has 2 amide bonds. The minimum Gasteiger partial charge on any atom is -0.495 e. The molecule has 0 radical (unpaired) electrons. The smallest absolute Gasteiger partial charge is 0.460 e. The summed E-state index contributed by atoms with van der Waals surface area (Å²) in [5.41, 5.74) is -4.49. The van der Waals surface area contributed by atoms with E-state index in [0.717, 1.165) is 0 Å². The van der Waals surface area contributed by atoms with Gasteiger partial charge in [0.2, 0.25) is 0 Å². The van der Waals surface area contributed by atoms with Crippen molar-refractivity contribution in [2.45, 2.75) is 95.3 Å². The summed E-state index contributed by atoms with van der Waals surface area (Å²) in [6.45, 7) is 0. The van der Waals surface area contributed by atoms with E-state index < -0.39 is 141 Å². The highest BCUT2D eigenvalue weighted by atomic mass is 19.4. The number of anilines is 2. The van der Waals surface area contributed by atoms with Crippen molar-refractivity contribution < 1.29 is 168 Å². The molecule has 0 saturated heterocycles. The Hall–Kier alpha value is -5.40. The van der Waals surface area contributed by atoms with Crippen LogP contribution in [-0.4, -0.2) is 121 Å². The van der Waals surface area contributed by atoms with Gasteiger partial charge < -0.3 is 20.1 Å². The molecule has 72 heavy (non-hydrogen) atoms. The maximum atomic E-state index is 14.5. The van der Waals surface area contributed by atoms with Gasteiger partial charge in [0, 0.05) is 0 Å². The van der Waals surface area contributed by atoms with Crippen LogP contribution in [0.1, 0.15) is 0 Å². The van der Waals surface area contributed by atoms with Crippen molar-refractivity contribution in [1.82, 2.24) is 0 Å². The van der Waals surface area contributed by atoms with Crippen LogP contribution in [0.25, 0.3) is 11.1 Å². The number of carbonyl (C=O) groups is 2. The second-order valence-electron chi connectivity index (χ2n) is 13.8. The van der Waals surface area contributed by atoms with Crippen LogP contribution >= 0.6 is 0 Å². The van der Waals surface area contributed by atoms with Crippen molar-refractivity contribution in [2.24, 2.45) is 0 Å². The molecule has 0 atom stereocenters. The van der Waals surface area contributed by atoms with Crippen molar-refractivity contribution in [1.29, 1.82) is 0 Å². The average Bonchev–Trinajstić information content (AvgIpc) is 3.21. The van der Waals surface area contributed by atoms with Gasteiger partial charge in [-0.3, -0.25) is 9.59 Å². The Balaban J connectivity index is 2.56. The van der Waals surface area contributed by atoms with Crippen molar-refractivity contribution >= 4 is 23.2 Å². The van der Waals surface area contributed by atoms with Crippen molar-refractivity contribution in [3.05, 3.63) is 36.4 Å². The van der Waals surface area contributed by atoms with E-state index in [1.807, 2.05) is 0 Å². The molecule has 0 saturated carbocycles. The summed E-state index contributed by atoms with van der Waals surface area (Å²) < 4.78 is 472. The van der Waals surface area contributed by atoms with Crippen LogP contribution in [0.15, 0.2) is 36.4 Å². The molecule has 2 aromatic rings. The van der Waals surface area contributed by atoms with Gasteiger partial charge in [-0.05, 0) is 35.4 Å². The van der Waals surface area contributed by atoms with Crippen LogP contribution < -0.4 is 20.1 Å². The molecule has 2 aromatic carbocycles. The number of halogens is 34. The highest BCUT2D eigenvalue weighted by Crippen LogP contribution is 2.66. The lowest BCUT2D eigenvalue weighted by Crippen LogP contribution is -2.75. The first-order valence-corrected chi connectivity index (χ1v) is 16.8. The quantitative estimate of drug-likeness (QED) is 0.137. The number of amides is 2. The van der Waals surface area contributed by atoms with E-state index in [-0.39, 0.29) is 12.1 Å². The molecule has 2 rings (SSSR count). The summed E-state index contributed by atoms with van der Waals surface area (Å²) in [5.74, 6) is -132. The fourth-order valence-electron chi connectivity index (χ4n) is 4.96. The Kier molecular flexibility index (Phi) is 15.4. The Morgan fingerprint density at radius 3 is 0.708 bits per heavy atom. The number of ether oxygens (including phenoxy) is 2. The van der Waals surface area contributed by atoms with Gasteiger partial charge >= 0.3 is 107 Å². The first-order chi connectivity index (χ1) is 31.4. The summed E-state index contributed by atoms with van der Waals surface area (Å²) in [6.07, 6.45) is -16.1. The number of methoxy groups -OCH3 is 2. The molecular weight excluding hydrogens is 1120 g/mol. The normalized spacial score (nSPS) is 15.3. The van der Waals surface area contributed by atoms with Crippen LogP contribution in [0.5, 0.6) is 11.5 Å². The summed E-state index contributed by atoms with van der Waals surface area (Å²) in [7, 11) is 0.794. The average molecular weight is 1140 g/mol. The number of hydrogen-bond acceptors (Lipinski definition) is 4. The van der Waals surface area contributed by atoms with Crippen molar-refractivity contribution in [2.75, 3.05) is 24.9 Å². The fourth-order valence-corrected chi connectivity index (χ4v) is 4.96. The highest BCUT2D eigenvalue weighted by molar-refractivity contribution is 5.99. The van der Waals surface area contributed by atoms with Crippen molar-refractivity contribution in [3.63, 3.8) is 0 Å². The second kappa shape index (κ2) is 17.6. The molecular formula is C32H14F34N2O4. The van der Waals surface area contributed by atoms with Gasteiger partial charge in [0.1, 0.15) is 11.5 Å². The maximum Gasteiger partial charge on any atom is 0.460 e. The monoisotopic (exact) mass is 1140 g/mol. The van der Waals surface area contributed by atoms with Gasteiger partial charge in [0.25, 0.3) is 0 Å². The minimum atomic E-state index is -9.07. The number of carbonyl (C=O) groups excluding carboxylic acids is 2. The molecule has 0 fully saturated rings. The van der Waals surface area contributed by atoms with Crippen LogP contribution in [0.2, 0.25) is 0 Å². The lowest BCUT2D eigenvalue weighted by molar-refractivity contribution is -0.459. The highest BCUT2D eigenvalue weighted by Gasteiger charge is 2.97. The van der Waals surface area contributed by atoms with Gasteiger partial charge in [0.05, 0.1) is 25.6 Å². The van der Waals surface area contributed by atoms with Gasteiger partial charge in [-0.15, -0.1) is 0 Å². The van der Waals surface area contributed by atoms with E-state index >= 15 is 0 Å². The Bertz CT molecular complexity index is 2190. The third kappa shape index (κ3) is 8.57. The van der Waals surface area contributed by atoms with Crippen LogP contribution in [0, 0.1) is 0 Å². The topological polar surface area (TPSA) is 76.7 Å². The summed E-state index contributed by atoms with van der Waals surface area (Å²) in [6, 6.07) is 1.51. The number of alkyl halides is 34. The molecule has 0 aliphatic rings. The largest absolute Gasteiger partial charge is 0.495 e. The second-order valence-corrected chi connectivity index (χ2v) is 13.8. The van der Waals surface area contributed by atoms with Gasteiger partial charge in [-0.2, -0.15) is 149 Å². The Morgan fingerprint density at radius 2 is 0.514 bits per heavy atom. The van der Waals surface area contributed by atoms with E-state index in [4.69, 9.17) is 0 Å². The number of hydrogen-bond donors (Lipinski definition) is 2. The summed E-state index contributed by atoms with van der Waals surface area (Å²) in [4.78, 5) is 24.2. The molecule has 0 aliphatic heterocycles. The molecule has 40 heteroatoms. The minimum absolute atomic E-state index is 0.0887. The molecule has 0 bridgehead atoms. The van der Waals surface area contributed by atoms with Gasteiger partial charge in [0.15, 0.2) is 0 Å². The molecule has 0 aliphatic carbocycles. The zero-order valence-corrected chi connectivity index (χ0v) is 32.9. The van der Waals surface area contributed by atoms with Crippen LogP contribution in [-0.2, 0) is 9.59 Å². The lowest BCUT2D eigenvalue weighted by atomic mass is 9.88. The predicted octanol–water partition coefficient (Wildman–Crippen LogP) is 13.3. The zero-order valence-electron chi connectivity index (χ0n) is 32.9. The lowest BCUT2D eigenvalue weighted by Gasteiger charge is -2.42. The number of nitrogens with one attached hydrogen (secondary N) is 2. The van der Waals surface area contributed by atoms with Gasteiger partial charge in [-0.25, -0.2) is 0 Å². The fraction of sp³-hybridized carbons (Fsp3) is 0.562. The van der Waals surface area contributed by atoms with Crippen LogP contribution in [0.3, 0.4) is 0 Å². The first kappa shape index (κ1) is 62.7. The molecule has 0 heterocycles. The molecule has 0 aromatic heterocycles. The standard InChI is InChI=1S/C32H14F34N2O4/c1-71-13-7-9(3-5-11(13)67-15(69)17(33,34)19(37,38)21(41,42)23(45,46)25(49,50)27(53,54)29(57,58)31(61,62)63)10-4-6-12(14(8-10)72-2)68-16(70)18(35,36)20(39,40)22(43,44)24(47,48)26(51,52)28(55,56)30(59,60)32(64,65)66/h3-8H,1-2H3,(H,67,69)(H,68,70). The molecule has 0 spiro atoms. The van der Waals surface area contributed by atoms with E-state index in [9.17, 15) is 159 Å².